The summed E-state index contributed by atoms with van der Waals surface area (Å²) < 4.78 is 5.88. The molecule has 34 heavy (non-hydrogen) atoms. The average molecular weight is 455 g/mol. The van der Waals surface area contributed by atoms with Gasteiger partial charge in [-0.05, 0) is 54.9 Å². The molecule has 0 fully saturated rings. The first-order valence-electron chi connectivity index (χ1n) is 12.6. The molecule has 1 atom stereocenters. The Kier molecular flexibility index (Phi) is 10.7. The minimum Gasteiger partial charge on any atom is -0.379 e. The molecule has 0 aliphatic heterocycles. The lowest BCUT2D eigenvalue weighted by molar-refractivity contribution is 0.0566. The number of hydrogen-bond acceptors (Lipinski definition) is 3. The maximum absolute atomic E-state index is 5.88. The van der Waals surface area contributed by atoms with E-state index in [2.05, 4.69) is 91.1 Å². The van der Waals surface area contributed by atoms with Crippen molar-refractivity contribution < 1.29 is 4.74 Å². The Labute approximate surface area is 205 Å². The largest absolute Gasteiger partial charge is 0.379 e. The lowest BCUT2D eigenvalue weighted by atomic mass is 10.0. The van der Waals surface area contributed by atoms with E-state index in [1.807, 2.05) is 18.5 Å². The van der Waals surface area contributed by atoms with Crippen molar-refractivity contribution in [3.05, 3.63) is 91.0 Å². The van der Waals surface area contributed by atoms with Gasteiger partial charge in [0.15, 0.2) is 0 Å². The van der Waals surface area contributed by atoms with Crippen molar-refractivity contribution in [2.24, 2.45) is 0 Å². The zero-order valence-electron chi connectivity index (χ0n) is 20.7. The van der Waals surface area contributed by atoms with Gasteiger partial charge in [0, 0.05) is 31.0 Å². The molecule has 0 spiro atoms. The maximum Gasteiger partial charge on any atom is 0.131 e. The molecule has 0 radical (unpaired) electrons. The van der Waals surface area contributed by atoms with E-state index in [0.29, 0.717) is 12.5 Å². The van der Waals surface area contributed by atoms with Gasteiger partial charge in [0.2, 0.25) is 0 Å². The molecular weight excluding hydrogens is 416 g/mol. The predicted octanol–water partition coefficient (Wildman–Crippen LogP) is 8.32. The van der Waals surface area contributed by atoms with E-state index in [1.54, 1.807) is 0 Å². The number of unbranched alkanes of at least 4 members (excludes halogenated alkanes) is 3. The van der Waals surface area contributed by atoms with Crippen LogP contribution in [0.1, 0.15) is 63.8 Å². The van der Waals surface area contributed by atoms with Crippen LogP contribution in [-0.4, -0.2) is 22.7 Å². The highest BCUT2D eigenvalue weighted by atomic mass is 16.5. The van der Waals surface area contributed by atoms with Crippen molar-refractivity contribution in [2.45, 2.75) is 64.9 Å². The van der Waals surface area contributed by atoms with Crippen LogP contribution in [0.25, 0.3) is 28.3 Å². The number of rotatable bonds is 14. The molecule has 0 saturated carbocycles. The van der Waals surface area contributed by atoms with Crippen LogP contribution in [0.5, 0.6) is 0 Å². The van der Waals surface area contributed by atoms with Gasteiger partial charge in [0.25, 0.3) is 0 Å². The number of ether oxygens (including phenoxy) is 1. The first-order valence-corrected chi connectivity index (χ1v) is 12.6. The summed E-state index contributed by atoms with van der Waals surface area (Å²) in [6, 6.07) is 17.3. The number of hydrogen-bond donors (Lipinski definition) is 0. The summed E-state index contributed by atoms with van der Waals surface area (Å²) in [5.41, 5.74) is 5.80. The second-order valence-electron chi connectivity index (χ2n) is 8.80. The molecule has 1 unspecified atom stereocenters. The Morgan fingerprint density at radius 3 is 2.09 bits per heavy atom. The molecule has 0 bridgehead atoms. The molecular formula is C31H38N2O. The Bertz CT molecular complexity index is 1000. The first kappa shape index (κ1) is 25.6. The molecule has 3 aromatic rings. The molecule has 0 N–H and O–H groups in total. The Balaban J connectivity index is 1.46. The van der Waals surface area contributed by atoms with Gasteiger partial charge in [-0.1, -0.05) is 86.5 Å². The molecule has 0 aliphatic rings. The Morgan fingerprint density at radius 2 is 1.47 bits per heavy atom. The summed E-state index contributed by atoms with van der Waals surface area (Å²) in [7, 11) is 0. The van der Waals surface area contributed by atoms with Gasteiger partial charge in [-0.2, -0.15) is 0 Å². The zero-order chi connectivity index (χ0) is 24.0. The van der Waals surface area contributed by atoms with Crippen molar-refractivity contribution in [1.29, 1.82) is 0 Å². The van der Waals surface area contributed by atoms with Gasteiger partial charge < -0.3 is 4.74 Å². The number of benzene rings is 2. The summed E-state index contributed by atoms with van der Waals surface area (Å²) in [6.45, 7) is 9.05. The summed E-state index contributed by atoms with van der Waals surface area (Å²) >= 11 is 0. The molecule has 0 saturated heterocycles. The van der Waals surface area contributed by atoms with Gasteiger partial charge in [-0.25, -0.2) is 9.97 Å². The van der Waals surface area contributed by atoms with E-state index < -0.39 is 0 Å². The van der Waals surface area contributed by atoms with Crippen molar-refractivity contribution in [2.75, 3.05) is 6.61 Å². The smallest absolute Gasteiger partial charge is 0.131 e. The highest BCUT2D eigenvalue weighted by molar-refractivity contribution is 5.70. The van der Waals surface area contributed by atoms with Crippen LogP contribution < -0.4 is 0 Å². The standard InChI is InChI=1S/C31H38N2O/c1-4-6-10-22-34-25(3)12-8-7-9-13-26-14-16-27(17-15-26)28-18-20-29(21-19-28)30-23-32-31(11-5-2)33-24-30/h5,9,13-21,23-25H,2,4,6-8,10-12,22H2,1,3H3/b13-9+. The molecule has 1 aromatic heterocycles. The number of allylic oxidation sites excluding steroid dienone is 2. The summed E-state index contributed by atoms with van der Waals surface area (Å²) in [5, 5.41) is 0. The first-order chi connectivity index (χ1) is 16.7. The van der Waals surface area contributed by atoms with E-state index in [-0.39, 0.29) is 0 Å². The van der Waals surface area contributed by atoms with Crippen LogP contribution in [0.4, 0.5) is 0 Å². The Hall–Kier alpha value is -3.04. The molecule has 1 heterocycles. The van der Waals surface area contributed by atoms with E-state index >= 15 is 0 Å². The zero-order valence-corrected chi connectivity index (χ0v) is 20.7. The van der Waals surface area contributed by atoms with Crippen LogP contribution in [0.3, 0.4) is 0 Å². The van der Waals surface area contributed by atoms with Gasteiger partial charge in [0.1, 0.15) is 5.82 Å². The molecule has 2 aromatic carbocycles. The quantitative estimate of drug-likeness (QED) is 0.181. The highest BCUT2D eigenvalue weighted by Crippen LogP contribution is 2.25. The van der Waals surface area contributed by atoms with Crippen LogP contribution in [0.15, 0.2) is 79.7 Å². The highest BCUT2D eigenvalue weighted by Gasteiger charge is 2.03. The molecule has 178 valence electrons. The summed E-state index contributed by atoms with van der Waals surface area (Å²) in [4.78, 5) is 8.80. The molecule has 3 heteroatoms. The van der Waals surface area contributed by atoms with E-state index in [4.69, 9.17) is 4.74 Å². The monoisotopic (exact) mass is 454 g/mol. The SMILES string of the molecule is C=CCc1ncc(-c2ccc(-c3ccc(/C=C/CCCC(C)OCCCCC)cc3)cc2)cn1. The fourth-order valence-corrected chi connectivity index (χ4v) is 3.84. The minimum atomic E-state index is 0.361. The van der Waals surface area contributed by atoms with Gasteiger partial charge >= 0.3 is 0 Å². The van der Waals surface area contributed by atoms with Crippen LogP contribution in [0.2, 0.25) is 0 Å². The Morgan fingerprint density at radius 1 is 0.853 bits per heavy atom. The summed E-state index contributed by atoms with van der Waals surface area (Å²) in [6.07, 6.45) is 18.2. The van der Waals surface area contributed by atoms with E-state index in [9.17, 15) is 0 Å². The predicted molar refractivity (Wildman–Crippen MR) is 145 cm³/mol. The van der Waals surface area contributed by atoms with Crippen LogP contribution in [0, 0.1) is 0 Å². The third-order valence-electron chi connectivity index (χ3n) is 5.94. The molecule has 3 nitrogen and oxygen atoms in total. The average Bonchev–Trinajstić information content (AvgIpc) is 2.88. The molecule has 0 aliphatic carbocycles. The topological polar surface area (TPSA) is 35.0 Å². The summed E-state index contributed by atoms with van der Waals surface area (Å²) in [5.74, 6) is 0.797. The molecule has 3 rings (SSSR count). The van der Waals surface area contributed by atoms with Crippen molar-refractivity contribution in [3.63, 3.8) is 0 Å². The fourth-order valence-electron chi connectivity index (χ4n) is 3.84. The van der Waals surface area contributed by atoms with Gasteiger partial charge in [0.05, 0.1) is 6.10 Å². The molecule has 0 amide bonds. The maximum atomic E-state index is 5.88. The van der Waals surface area contributed by atoms with Gasteiger partial charge in [-0.15, -0.1) is 6.58 Å². The van der Waals surface area contributed by atoms with E-state index in [1.165, 1.54) is 36.0 Å². The van der Waals surface area contributed by atoms with Gasteiger partial charge in [-0.3, -0.25) is 0 Å². The minimum absolute atomic E-state index is 0.361. The lowest BCUT2D eigenvalue weighted by Crippen LogP contribution is -2.08. The fraction of sp³-hybridized carbons (Fsp3) is 0.355. The second kappa shape index (κ2) is 14.3. The normalized spacial score (nSPS) is 12.2. The number of nitrogens with zero attached hydrogens (tertiary/aromatic N) is 2. The number of aromatic nitrogens is 2. The third kappa shape index (κ3) is 8.39. The second-order valence-corrected chi connectivity index (χ2v) is 8.80. The lowest BCUT2D eigenvalue weighted by Gasteiger charge is -2.12. The van der Waals surface area contributed by atoms with Crippen LogP contribution in [-0.2, 0) is 11.2 Å². The third-order valence-corrected chi connectivity index (χ3v) is 5.94. The van der Waals surface area contributed by atoms with Crippen molar-refractivity contribution in [1.82, 2.24) is 9.97 Å². The van der Waals surface area contributed by atoms with Crippen molar-refractivity contribution >= 4 is 6.08 Å². The van der Waals surface area contributed by atoms with Crippen molar-refractivity contribution in [3.8, 4) is 22.3 Å². The van der Waals surface area contributed by atoms with E-state index in [0.717, 1.165) is 42.8 Å². The van der Waals surface area contributed by atoms with Crippen LogP contribution >= 0.6 is 0 Å².